The van der Waals surface area contributed by atoms with Crippen LogP contribution in [0, 0.1) is 17.7 Å². The quantitative estimate of drug-likeness (QED) is 0.795. The van der Waals surface area contributed by atoms with Crippen molar-refractivity contribution < 1.29 is 14.0 Å². The standard InChI is InChI=1S/C20H27ClFN3O2.ClH/c1-14(15-4-3-7-23-13-15)12-18(26)24-8-10-25(11-9-24)20(27)19-16(21)5-2-6-17(19)22;/h2,5-6,14-15,23H,3-4,7-13H2,1H3;1H. The van der Waals surface area contributed by atoms with Gasteiger partial charge in [0.2, 0.25) is 5.91 Å². The third kappa shape index (κ3) is 5.37. The second kappa shape index (κ2) is 10.4. The van der Waals surface area contributed by atoms with Crippen LogP contribution in [0.5, 0.6) is 0 Å². The van der Waals surface area contributed by atoms with Gasteiger partial charge in [-0.25, -0.2) is 4.39 Å². The lowest BCUT2D eigenvalue weighted by atomic mass is 9.85. The summed E-state index contributed by atoms with van der Waals surface area (Å²) in [6.45, 7) is 5.95. The van der Waals surface area contributed by atoms with E-state index in [1.54, 1.807) is 4.90 Å². The number of piperidine rings is 1. The lowest BCUT2D eigenvalue weighted by molar-refractivity contribution is -0.134. The minimum atomic E-state index is -0.610. The molecular weight excluding hydrogens is 404 g/mol. The normalized spacial score (nSPS) is 21.0. The number of benzene rings is 1. The van der Waals surface area contributed by atoms with E-state index in [1.807, 2.05) is 4.90 Å². The van der Waals surface area contributed by atoms with Crippen molar-refractivity contribution in [3.63, 3.8) is 0 Å². The lowest BCUT2D eigenvalue weighted by Gasteiger charge is -2.36. The van der Waals surface area contributed by atoms with E-state index in [1.165, 1.54) is 31.0 Å². The Morgan fingerprint density at radius 3 is 2.54 bits per heavy atom. The highest BCUT2D eigenvalue weighted by atomic mass is 35.5. The highest BCUT2D eigenvalue weighted by Crippen LogP contribution is 2.24. The van der Waals surface area contributed by atoms with Crippen molar-refractivity contribution in [2.75, 3.05) is 39.3 Å². The zero-order valence-corrected chi connectivity index (χ0v) is 17.7. The molecule has 2 unspecified atom stereocenters. The van der Waals surface area contributed by atoms with Gasteiger partial charge in [-0.05, 0) is 49.9 Å². The fourth-order valence-electron chi connectivity index (χ4n) is 3.95. The van der Waals surface area contributed by atoms with Crippen LogP contribution < -0.4 is 5.32 Å². The molecule has 2 fully saturated rings. The van der Waals surface area contributed by atoms with Crippen LogP contribution in [0.2, 0.25) is 5.02 Å². The number of nitrogens with one attached hydrogen (secondary N) is 1. The molecule has 2 amide bonds. The summed E-state index contributed by atoms with van der Waals surface area (Å²) in [6, 6.07) is 4.23. The molecule has 156 valence electrons. The number of halogens is 3. The van der Waals surface area contributed by atoms with Crippen molar-refractivity contribution in [3.8, 4) is 0 Å². The molecule has 0 saturated carbocycles. The molecule has 1 N–H and O–H groups in total. The highest BCUT2D eigenvalue weighted by Gasteiger charge is 2.29. The topological polar surface area (TPSA) is 52.7 Å². The van der Waals surface area contributed by atoms with Gasteiger partial charge in [0, 0.05) is 32.6 Å². The number of carbonyl (C=O) groups is 2. The molecule has 3 rings (SSSR count). The first-order valence-electron chi connectivity index (χ1n) is 9.69. The molecule has 2 aliphatic rings. The molecule has 8 heteroatoms. The van der Waals surface area contributed by atoms with Gasteiger partial charge < -0.3 is 15.1 Å². The van der Waals surface area contributed by atoms with E-state index in [0.29, 0.717) is 44.4 Å². The smallest absolute Gasteiger partial charge is 0.258 e. The molecule has 0 bridgehead atoms. The van der Waals surface area contributed by atoms with Crippen molar-refractivity contribution in [1.29, 1.82) is 0 Å². The lowest BCUT2D eigenvalue weighted by Crippen LogP contribution is -2.51. The van der Waals surface area contributed by atoms with Crippen LogP contribution >= 0.6 is 24.0 Å². The molecule has 0 aromatic heterocycles. The van der Waals surface area contributed by atoms with Crippen LogP contribution in [0.1, 0.15) is 36.5 Å². The number of hydrogen-bond acceptors (Lipinski definition) is 3. The number of piperazine rings is 1. The first-order valence-corrected chi connectivity index (χ1v) is 10.1. The van der Waals surface area contributed by atoms with E-state index in [9.17, 15) is 14.0 Å². The molecule has 2 aliphatic heterocycles. The summed E-state index contributed by atoms with van der Waals surface area (Å²) in [4.78, 5) is 28.6. The van der Waals surface area contributed by atoms with Gasteiger partial charge in [0.05, 0.1) is 10.6 Å². The predicted molar refractivity (Wildman–Crippen MR) is 111 cm³/mol. The summed E-state index contributed by atoms with van der Waals surface area (Å²) in [5, 5.41) is 3.52. The van der Waals surface area contributed by atoms with Gasteiger partial charge in [-0.2, -0.15) is 0 Å². The second-order valence-electron chi connectivity index (χ2n) is 7.56. The second-order valence-corrected chi connectivity index (χ2v) is 7.96. The van der Waals surface area contributed by atoms with E-state index >= 15 is 0 Å². The summed E-state index contributed by atoms with van der Waals surface area (Å²) in [6.07, 6.45) is 2.88. The zero-order valence-electron chi connectivity index (χ0n) is 16.1. The fraction of sp³-hybridized carbons (Fsp3) is 0.600. The summed E-state index contributed by atoms with van der Waals surface area (Å²) in [7, 11) is 0. The van der Waals surface area contributed by atoms with Crippen molar-refractivity contribution in [2.24, 2.45) is 11.8 Å². The van der Waals surface area contributed by atoms with Crippen LogP contribution in [0.4, 0.5) is 4.39 Å². The first-order chi connectivity index (χ1) is 13.0. The minimum Gasteiger partial charge on any atom is -0.339 e. The van der Waals surface area contributed by atoms with Gasteiger partial charge in [0.15, 0.2) is 0 Å². The van der Waals surface area contributed by atoms with Crippen molar-refractivity contribution >= 4 is 35.8 Å². The SMILES string of the molecule is CC(CC(=O)N1CCN(C(=O)c2c(F)cccc2Cl)CC1)C1CCCNC1.Cl. The molecule has 0 spiro atoms. The average Bonchev–Trinajstić information content (AvgIpc) is 2.68. The largest absolute Gasteiger partial charge is 0.339 e. The van der Waals surface area contributed by atoms with Crippen LogP contribution in [0.15, 0.2) is 18.2 Å². The zero-order chi connectivity index (χ0) is 19.4. The van der Waals surface area contributed by atoms with Crippen LogP contribution in [0.25, 0.3) is 0 Å². The monoisotopic (exact) mass is 431 g/mol. The van der Waals surface area contributed by atoms with Gasteiger partial charge in [-0.3, -0.25) is 9.59 Å². The van der Waals surface area contributed by atoms with Crippen LogP contribution in [0.3, 0.4) is 0 Å². The number of nitrogens with zero attached hydrogens (tertiary/aromatic N) is 2. The Hall–Kier alpha value is -1.37. The molecule has 1 aromatic carbocycles. The Bertz CT molecular complexity index is 670. The molecule has 5 nitrogen and oxygen atoms in total. The van der Waals surface area contributed by atoms with E-state index < -0.39 is 11.7 Å². The Balaban J connectivity index is 0.00000280. The van der Waals surface area contributed by atoms with Crippen molar-refractivity contribution in [1.82, 2.24) is 15.1 Å². The van der Waals surface area contributed by atoms with Gasteiger partial charge >= 0.3 is 0 Å². The first kappa shape index (κ1) is 22.9. The predicted octanol–water partition coefficient (Wildman–Crippen LogP) is 3.21. The van der Waals surface area contributed by atoms with E-state index in [2.05, 4.69) is 12.2 Å². The molecule has 2 heterocycles. The molecule has 2 saturated heterocycles. The van der Waals surface area contributed by atoms with Gasteiger partial charge in [-0.15, -0.1) is 12.4 Å². The third-order valence-corrected chi connectivity index (χ3v) is 6.05. The van der Waals surface area contributed by atoms with Gasteiger partial charge in [0.25, 0.3) is 5.91 Å². The van der Waals surface area contributed by atoms with E-state index in [0.717, 1.165) is 13.1 Å². The fourth-order valence-corrected chi connectivity index (χ4v) is 4.20. The Morgan fingerprint density at radius 1 is 1.25 bits per heavy atom. The minimum absolute atomic E-state index is 0. The number of amides is 2. The Kier molecular flexibility index (Phi) is 8.53. The molecule has 0 radical (unpaired) electrons. The van der Waals surface area contributed by atoms with E-state index in [4.69, 9.17) is 11.6 Å². The van der Waals surface area contributed by atoms with Crippen molar-refractivity contribution in [3.05, 3.63) is 34.6 Å². The summed E-state index contributed by atoms with van der Waals surface area (Å²) in [5.41, 5.74) is -0.0858. The highest BCUT2D eigenvalue weighted by molar-refractivity contribution is 6.33. The van der Waals surface area contributed by atoms with Crippen LogP contribution in [-0.4, -0.2) is 60.9 Å². The number of rotatable bonds is 4. The molecule has 2 atom stereocenters. The third-order valence-electron chi connectivity index (χ3n) is 5.73. The number of hydrogen-bond donors (Lipinski definition) is 1. The maximum absolute atomic E-state index is 14.0. The summed E-state index contributed by atoms with van der Waals surface area (Å²) >= 11 is 6.00. The molecule has 28 heavy (non-hydrogen) atoms. The maximum Gasteiger partial charge on any atom is 0.258 e. The average molecular weight is 432 g/mol. The van der Waals surface area contributed by atoms with Crippen LogP contribution in [-0.2, 0) is 4.79 Å². The van der Waals surface area contributed by atoms with Crippen molar-refractivity contribution in [2.45, 2.75) is 26.2 Å². The van der Waals surface area contributed by atoms with Gasteiger partial charge in [0.1, 0.15) is 5.82 Å². The van der Waals surface area contributed by atoms with Gasteiger partial charge in [-0.1, -0.05) is 24.6 Å². The molecule has 0 aliphatic carbocycles. The summed E-state index contributed by atoms with van der Waals surface area (Å²) < 4.78 is 14.0. The number of carbonyl (C=O) groups excluding carboxylic acids is 2. The molecule has 1 aromatic rings. The van der Waals surface area contributed by atoms with E-state index in [-0.39, 0.29) is 28.9 Å². The molecular formula is C20H28Cl2FN3O2. The Labute approximate surface area is 177 Å². The Morgan fingerprint density at radius 2 is 1.93 bits per heavy atom. The maximum atomic E-state index is 14.0. The summed E-state index contributed by atoms with van der Waals surface area (Å²) in [5.74, 6) is 0.0211.